The van der Waals surface area contributed by atoms with Crippen molar-refractivity contribution in [3.05, 3.63) is 23.8 Å². The maximum Gasteiger partial charge on any atom is 0.338 e. The van der Waals surface area contributed by atoms with Crippen molar-refractivity contribution in [2.75, 3.05) is 20.3 Å². The molecule has 1 amide bonds. The quantitative estimate of drug-likeness (QED) is 0.745. The fourth-order valence-corrected chi connectivity index (χ4v) is 1.70. The summed E-state index contributed by atoms with van der Waals surface area (Å²) in [6, 6.07) is 4.78. The number of esters is 1. The van der Waals surface area contributed by atoms with Gasteiger partial charge in [0.25, 0.3) is 5.91 Å². The number of hydrogen-bond donors (Lipinski definition) is 1. The maximum atomic E-state index is 12.0. The second-order valence-electron chi connectivity index (χ2n) is 4.75. The summed E-state index contributed by atoms with van der Waals surface area (Å²) in [6.45, 7) is 5.83. The van der Waals surface area contributed by atoms with E-state index < -0.39 is 5.97 Å². The predicted octanol–water partition coefficient (Wildman–Crippen LogP) is 2.17. The van der Waals surface area contributed by atoms with Crippen molar-refractivity contribution >= 4 is 11.9 Å². The maximum absolute atomic E-state index is 12.0. The zero-order chi connectivity index (χ0) is 16.5. The second-order valence-corrected chi connectivity index (χ2v) is 4.75. The number of rotatable bonds is 8. The highest BCUT2D eigenvalue weighted by atomic mass is 16.5. The lowest BCUT2D eigenvalue weighted by molar-refractivity contribution is -0.124. The van der Waals surface area contributed by atoms with Crippen molar-refractivity contribution in [2.45, 2.75) is 33.2 Å². The normalized spacial score (nSPS) is 11.5. The molecule has 0 fully saturated rings. The number of ether oxygens (including phenoxy) is 3. The van der Waals surface area contributed by atoms with E-state index in [0.29, 0.717) is 23.7 Å². The predicted molar refractivity (Wildman–Crippen MR) is 82.3 cm³/mol. The van der Waals surface area contributed by atoms with Crippen molar-refractivity contribution in [2.24, 2.45) is 0 Å². The Hall–Kier alpha value is -2.24. The molecule has 0 aromatic heterocycles. The fourth-order valence-electron chi connectivity index (χ4n) is 1.70. The third kappa shape index (κ3) is 5.27. The summed E-state index contributed by atoms with van der Waals surface area (Å²) in [5, 5.41) is 2.73. The molecule has 0 aliphatic heterocycles. The van der Waals surface area contributed by atoms with Crippen LogP contribution in [0.25, 0.3) is 0 Å². The van der Waals surface area contributed by atoms with Crippen molar-refractivity contribution in [1.82, 2.24) is 5.32 Å². The van der Waals surface area contributed by atoms with Gasteiger partial charge < -0.3 is 19.5 Å². The summed E-state index contributed by atoms with van der Waals surface area (Å²) in [5.74, 6) is 0.0978. The van der Waals surface area contributed by atoms with Crippen LogP contribution >= 0.6 is 0 Å². The SMILES string of the molecule is CCOc1cc(C(=O)OCC(=O)N[C@H](C)CC)ccc1OC. The first kappa shape index (κ1) is 17.8. The lowest BCUT2D eigenvalue weighted by atomic mass is 10.2. The minimum Gasteiger partial charge on any atom is -0.493 e. The molecular formula is C16H23NO5. The van der Waals surface area contributed by atoms with E-state index in [9.17, 15) is 9.59 Å². The molecule has 0 aliphatic carbocycles. The fraction of sp³-hybridized carbons (Fsp3) is 0.500. The molecule has 1 aromatic carbocycles. The van der Waals surface area contributed by atoms with E-state index in [1.54, 1.807) is 12.1 Å². The monoisotopic (exact) mass is 309 g/mol. The Labute approximate surface area is 130 Å². The van der Waals surface area contributed by atoms with Crippen molar-refractivity contribution in [3.8, 4) is 11.5 Å². The van der Waals surface area contributed by atoms with Gasteiger partial charge in [-0.2, -0.15) is 0 Å². The Morgan fingerprint density at radius 1 is 1.23 bits per heavy atom. The molecule has 0 aliphatic rings. The minimum atomic E-state index is -0.581. The molecule has 1 N–H and O–H groups in total. The van der Waals surface area contributed by atoms with E-state index in [2.05, 4.69) is 5.32 Å². The minimum absolute atomic E-state index is 0.0525. The molecule has 0 saturated carbocycles. The van der Waals surface area contributed by atoms with Crippen LogP contribution < -0.4 is 14.8 Å². The summed E-state index contributed by atoms with van der Waals surface area (Å²) in [5.41, 5.74) is 0.306. The first-order valence-electron chi connectivity index (χ1n) is 7.29. The molecular weight excluding hydrogens is 286 g/mol. The molecule has 0 bridgehead atoms. The molecule has 0 radical (unpaired) electrons. The molecule has 1 atom stereocenters. The van der Waals surface area contributed by atoms with Gasteiger partial charge in [0.15, 0.2) is 18.1 Å². The molecule has 0 unspecified atom stereocenters. The van der Waals surface area contributed by atoms with Crippen LogP contribution in [0.5, 0.6) is 11.5 Å². The van der Waals surface area contributed by atoms with E-state index >= 15 is 0 Å². The summed E-state index contributed by atoms with van der Waals surface area (Å²) in [6.07, 6.45) is 0.815. The number of benzene rings is 1. The van der Waals surface area contributed by atoms with E-state index in [0.717, 1.165) is 6.42 Å². The molecule has 122 valence electrons. The van der Waals surface area contributed by atoms with Gasteiger partial charge in [-0.15, -0.1) is 0 Å². The molecule has 1 aromatic rings. The zero-order valence-electron chi connectivity index (χ0n) is 13.5. The summed E-state index contributed by atoms with van der Waals surface area (Å²) in [7, 11) is 1.52. The molecule has 1 rings (SSSR count). The first-order chi connectivity index (χ1) is 10.5. The van der Waals surface area contributed by atoms with E-state index in [-0.39, 0.29) is 18.6 Å². The van der Waals surface area contributed by atoms with Gasteiger partial charge in [0.2, 0.25) is 0 Å². The third-order valence-corrected chi connectivity index (χ3v) is 3.05. The van der Waals surface area contributed by atoms with E-state index in [4.69, 9.17) is 14.2 Å². The number of nitrogens with one attached hydrogen (secondary N) is 1. The Balaban J connectivity index is 2.65. The molecule has 0 spiro atoms. The van der Waals surface area contributed by atoms with Crippen LogP contribution in [0.2, 0.25) is 0 Å². The Kier molecular flexibility index (Phi) is 7.22. The Morgan fingerprint density at radius 3 is 2.55 bits per heavy atom. The van der Waals surface area contributed by atoms with Crippen molar-refractivity contribution in [1.29, 1.82) is 0 Å². The number of methoxy groups -OCH3 is 1. The van der Waals surface area contributed by atoms with Gasteiger partial charge in [-0.05, 0) is 38.5 Å². The largest absolute Gasteiger partial charge is 0.493 e. The standard InChI is InChI=1S/C16H23NO5/c1-5-11(3)17-15(18)10-22-16(19)12-7-8-13(20-4)14(9-12)21-6-2/h7-9,11H,5-6,10H2,1-4H3,(H,17,18)/t11-/m1/s1. The van der Waals surface area contributed by atoms with Crippen molar-refractivity contribution < 1.29 is 23.8 Å². The van der Waals surface area contributed by atoms with Gasteiger partial charge in [0, 0.05) is 6.04 Å². The summed E-state index contributed by atoms with van der Waals surface area (Å²) >= 11 is 0. The zero-order valence-corrected chi connectivity index (χ0v) is 13.5. The number of carbonyl (C=O) groups excluding carboxylic acids is 2. The van der Waals surface area contributed by atoms with Gasteiger partial charge >= 0.3 is 5.97 Å². The first-order valence-corrected chi connectivity index (χ1v) is 7.29. The Bertz CT molecular complexity index is 515. The van der Waals surface area contributed by atoms with Gasteiger partial charge in [-0.3, -0.25) is 4.79 Å². The second kappa shape index (κ2) is 8.92. The molecule has 22 heavy (non-hydrogen) atoms. The van der Waals surface area contributed by atoms with Crippen molar-refractivity contribution in [3.63, 3.8) is 0 Å². The highest BCUT2D eigenvalue weighted by molar-refractivity contribution is 5.92. The highest BCUT2D eigenvalue weighted by Crippen LogP contribution is 2.28. The lowest BCUT2D eigenvalue weighted by Crippen LogP contribution is -2.35. The topological polar surface area (TPSA) is 73.9 Å². The van der Waals surface area contributed by atoms with Crippen LogP contribution in [-0.2, 0) is 9.53 Å². The van der Waals surface area contributed by atoms with Gasteiger partial charge in [0.1, 0.15) is 0 Å². The molecule has 0 heterocycles. The number of carbonyl (C=O) groups is 2. The van der Waals surface area contributed by atoms with Crippen LogP contribution in [0.4, 0.5) is 0 Å². The molecule has 6 heteroatoms. The summed E-state index contributed by atoms with van der Waals surface area (Å²) in [4.78, 5) is 23.5. The average Bonchev–Trinajstić information content (AvgIpc) is 2.52. The van der Waals surface area contributed by atoms with Crippen LogP contribution in [0.1, 0.15) is 37.6 Å². The van der Waals surface area contributed by atoms with Crippen LogP contribution in [0, 0.1) is 0 Å². The molecule has 6 nitrogen and oxygen atoms in total. The smallest absolute Gasteiger partial charge is 0.338 e. The molecule has 0 saturated heterocycles. The lowest BCUT2D eigenvalue weighted by Gasteiger charge is -2.12. The number of amides is 1. The Morgan fingerprint density at radius 2 is 1.95 bits per heavy atom. The van der Waals surface area contributed by atoms with Gasteiger partial charge in [-0.1, -0.05) is 6.92 Å². The average molecular weight is 309 g/mol. The number of hydrogen-bond acceptors (Lipinski definition) is 5. The van der Waals surface area contributed by atoms with Crippen LogP contribution in [0.3, 0.4) is 0 Å². The van der Waals surface area contributed by atoms with Gasteiger partial charge in [0.05, 0.1) is 19.3 Å². The highest BCUT2D eigenvalue weighted by Gasteiger charge is 2.14. The third-order valence-electron chi connectivity index (χ3n) is 3.05. The summed E-state index contributed by atoms with van der Waals surface area (Å²) < 4.78 is 15.5. The van der Waals surface area contributed by atoms with E-state index in [1.807, 2.05) is 20.8 Å². The van der Waals surface area contributed by atoms with E-state index in [1.165, 1.54) is 13.2 Å². The van der Waals surface area contributed by atoms with Crippen LogP contribution in [-0.4, -0.2) is 38.2 Å². The van der Waals surface area contributed by atoms with Crippen LogP contribution in [0.15, 0.2) is 18.2 Å². The van der Waals surface area contributed by atoms with Gasteiger partial charge in [-0.25, -0.2) is 4.79 Å².